The number of rotatable bonds is 4. The molecule has 1 N–H and O–H groups in total. The molecule has 1 aromatic carbocycles. The lowest BCUT2D eigenvalue weighted by Gasteiger charge is -2.25. The van der Waals surface area contributed by atoms with Crippen molar-refractivity contribution in [3.05, 3.63) is 29.8 Å². The molecule has 0 aromatic heterocycles. The molecule has 0 bridgehead atoms. The van der Waals surface area contributed by atoms with Crippen LogP contribution in [0.5, 0.6) is 0 Å². The molecule has 3 heteroatoms. The Kier molecular flexibility index (Phi) is 4.48. The van der Waals surface area contributed by atoms with E-state index in [9.17, 15) is 5.11 Å². The lowest BCUT2D eigenvalue weighted by molar-refractivity contribution is 0.134. The third kappa shape index (κ3) is 3.03. The second kappa shape index (κ2) is 5.89. The summed E-state index contributed by atoms with van der Waals surface area (Å²) in [5.41, 5.74) is 1.34. The topological polar surface area (TPSA) is 23.5 Å². The van der Waals surface area contributed by atoms with Crippen LogP contribution in [0.25, 0.3) is 0 Å². The van der Waals surface area contributed by atoms with Crippen LogP contribution in [-0.2, 0) is 6.54 Å². The number of hydrogen-bond acceptors (Lipinski definition) is 3. The number of likely N-dealkylation sites (tertiary alicyclic amines) is 1. The van der Waals surface area contributed by atoms with Gasteiger partial charge in [0.25, 0.3) is 0 Å². The smallest absolute Gasteiger partial charge is 0.0589 e. The molecule has 1 saturated heterocycles. The Morgan fingerprint density at radius 2 is 2.06 bits per heavy atom. The van der Waals surface area contributed by atoms with Gasteiger partial charge in [-0.1, -0.05) is 19.1 Å². The molecule has 1 aliphatic heterocycles. The quantitative estimate of drug-likeness (QED) is 0.832. The van der Waals surface area contributed by atoms with Gasteiger partial charge in [0.1, 0.15) is 0 Å². The molecule has 0 radical (unpaired) electrons. The maximum Gasteiger partial charge on any atom is 0.0589 e. The van der Waals surface area contributed by atoms with E-state index in [2.05, 4.69) is 42.3 Å². The summed E-state index contributed by atoms with van der Waals surface area (Å²) >= 11 is 1.77. The maximum absolute atomic E-state index is 9.42. The minimum atomic E-state index is 0.282. The van der Waals surface area contributed by atoms with Gasteiger partial charge < -0.3 is 5.11 Å². The highest BCUT2D eigenvalue weighted by molar-refractivity contribution is 7.98. The summed E-state index contributed by atoms with van der Waals surface area (Å²) in [6, 6.07) is 9.09. The van der Waals surface area contributed by atoms with Gasteiger partial charge in [-0.2, -0.15) is 0 Å². The van der Waals surface area contributed by atoms with Crippen LogP contribution in [0.15, 0.2) is 29.2 Å². The summed E-state index contributed by atoms with van der Waals surface area (Å²) in [5.74, 6) is 0.616. The van der Waals surface area contributed by atoms with Crippen molar-refractivity contribution in [1.29, 1.82) is 0 Å². The van der Waals surface area contributed by atoms with Gasteiger partial charge in [-0.05, 0) is 42.8 Å². The molecule has 1 fully saturated rings. The van der Waals surface area contributed by atoms with Crippen LogP contribution in [0.1, 0.15) is 18.9 Å². The number of aliphatic hydroxyl groups is 1. The zero-order valence-corrected chi connectivity index (χ0v) is 11.4. The monoisotopic (exact) mass is 251 g/mol. The predicted molar refractivity (Wildman–Crippen MR) is 73.3 cm³/mol. The van der Waals surface area contributed by atoms with Crippen molar-refractivity contribution in [3.8, 4) is 0 Å². The van der Waals surface area contributed by atoms with Gasteiger partial charge in [-0.25, -0.2) is 0 Å². The van der Waals surface area contributed by atoms with E-state index < -0.39 is 0 Å². The average molecular weight is 251 g/mol. The Labute approximate surface area is 108 Å². The van der Waals surface area contributed by atoms with E-state index in [1.54, 1.807) is 11.8 Å². The van der Waals surface area contributed by atoms with Gasteiger partial charge in [0.15, 0.2) is 0 Å². The average Bonchev–Trinajstić information content (AvgIpc) is 2.71. The minimum absolute atomic E-state index is 0.282. The van der Waals surface area contributed by atoms with E-state index in [0.717, 1.165) is 13.1 Å². The lowest BCUT2D eigenvalue weighted by atomic mass is 10.0. The summed E-state index contributed by atoms with van der Waals surface area (Å²) in [6.45, 7) is 4.59. The van der Waals surface area contributed by atoms with E-state index in [0.29, 0.717) is 12.0 Å². The first kappa shape index (κ1) is 12.9. The highest BCUT2D eigenvalue weighted by atomic mass is 32.2. The molecule has 0 spiro atoms. The summed E-state index contributed by atoms with van der Waals surface area (Å²) in [5, 5.41) is 9.42. The van der Waals surface area contributed by atoms with Crippen LogP contribution in [-0.4, -0.2) is 35.5 Å². The fourth-order valence-corrected chi connectivity index (χ4v) is 2.95. The first-order valence-corrected chi connectivity index (χ1v) is 7.45. The lowest BCUT2D eigenvalue weighted by Crippen LogP contribution is -2.34. The van der Waals surface area contributed by atoms with Crippen molar-refractivity contribution in [2.75, 3.05) is 19.4 Å². The van der Waals surface area contributed by atoms with Crippen LogP contribution < -0.4 is 0 Å². The third-order valence-electron chi connectivity index (χ3n) is 3.73. The Hall–Kier alpha value is -0.510. The van der Waals surface area contributed by atoms with E-state index in [1.807, 2.05) is 0 Å². The highest BCUT2D eigenvalue weighted by Crippen LogP contribution is 2.25. The number of hydrogen-bond donors (Lipinski definition) is 1. The van der Waals surface area contributed by atoms with E-state index in [1.165, 1.54) is 16.9 Å². The fourth-order valence-electron chi connectivity index (χ4n) is 2.54. The summed E-state index contributed by atoms with van der Waals surface area (Å²) in [6.07, 6.45) is 3.30. The predicted octanol–water partition coefficient (Wildman–Crippen LogP) is 2.61. The van der Waals surface area contributed by atoms with Gasteiger partial charge in [-0.3, -0.25) is 4.90 Å². The maximum atomic E-state index is 9.42. The molecule has 1 aromatic rings. The van der Waals surface area contributed by atoms with Crippen molar-refractivity contribution in [2.45, 2.75) is 30.8 Å². The van der Waals surface area contributed by atoms with Crippen LogP contribution in [0.2, 0.25) is 0 Å². The SMILES string of the molecule is CSc1ccc(CN2CCC(C)C2CO)cc1. The molecule has 2 unspecified atom stereocenters. The van der Waals surface area contributed by atoms with E-state index in [-0.39, 0.29) is 6.61 Å². The number of thioether (sulfide) groups is 1. The number of aliphatic hydroxyl groups excluding tert-OH is 1. The summed E-state index contributed by atoms with van der Waals surface area (Å²) in [7, 11) is 0. The van der Waals surface area contributed by atoms with Gasteiger partial charge in [0, 0.05) is 17.5 Å². The molecule has 2 rings (SSSR count). The molecule has 2 atom stereocenters. The summed E-state index contributed by atoms with van der Waals surface area (Å²) < 4.78 is 0. The fraction of sp³-hybridized carbons (Fsp3) is 0.571. The second-order valence-corrected chi connectivity index (χ2v) is 5.71. The Morgan fingerprint density at radius 1 is 1.35 bits per heavy atom. The van der Waals surface area contributed by atoms with Gasteiger partial charge in [0.05, 0.1) is 6.61 Å². The first-order valence-electron chi connectivity index (χ1n) is 6.22. The second-order valence-electron chi connectivity index (χ2n) is 4.83. The van der Waals surface area contributed by atoms with Gasteiger partial charge in [0.2, 0.25) is 0 Å². The molecular formula is C14H21NOS. The molecule has 2 nitrogen and oxygen atoms in total. The first-order chi connectivity index (χ1) is 8.24. The minimum Gasteiger partial charge on any atom is -0.395 e. The van der Waals surface area contributed by atoms with Crippen molar-refractivity contribution < 1.29 is 5.11 Å². The van der Waals surface area contributed by atoms with Gasteiger partial charge in [-0.15, -0.1) is 11.8 Å². The van der Waals surface area contributed by atoms with Gasteiger partial charge >= 0.3 is 0 Å². The Morgan fingerprint density at radius 3 is 2.65 bits per heavy atom. The van der Waals surface area contributed by atoms with E-state index >= 15 is 0 Å². The van der Waals surface area contributed by atoms with Crippen LogP contribution in [0.3, 0.4) is 0 Å². The molecule has 0 saturated carbocycles. The Bertz CT molecular complexity index is 352. The standard InChI is InChI=1S/C14H21NOS/c1-11-7-8-15(14(11)10-16)9-12-3-5-13(17-2)6-4-12/h3-6,11,14,16H,7-10H2,1-2H3. The number of benzene rings is 1. The van der Waals surface area contributed by atoms with Crippen LogP contribution in [0, 0.1) is 5.92 Å². The largest absolute Gasteiger partial charge is 0.395 e. The zero-order chi connectivity index (χ0) is 12.3. The summed E-state index contributed by atoms with van der Waals surface area (Å²) in [4.78, 5) is 3.71. The van der Waals surface area contributed by atoms with Crippen molar-refractivity contribution in [3.63, 3.8) is 0 Å². The highest BCUT2D eigenvalue weighted by Gasteiger charge is 2.30. The van der Waals surface area contributed by atoms with Crippen molar-refractivity contribution >= 4 is 11.8 Å². The van der Waals surface area contributed by atoms with Crippen molar-refractivity contribution in [1.82, 2.24) is 4.90 Å². The van der Waals surface area contributed by atoms with Crippen LogP contribution >= 0.6 is 11.8 Å². The molecule has 1 heterocycles. The molecule has 0 amide bonds. The number of nitrogens with zero attached hydrogens (tertiary/aromatic N) is 1. The normalized spacial score (nSPS) is 25.4. The van der Waals surface area contributed by atoms with Crippen LogP contribution in [0.4, 0.5) is 0 Å². The molecular weight excluding hydrogens is 230 g/mol. The molecule has 17 heavy (non-hydrogen) atoms. The molecule has 1 aliphatic rings. The molecule has 0 aliphatic carbocycles. The third-order valence-corrected chi connectivity index (χ3v) is 4.47. The Balaban J connectivity index is 2.00. The van der Waals surface area contributed by atoms with Crippen molar-refractivity contribution in [2.24, 2.45) is 5.92 Å². The molecule has 94 valence electrons. The van der Waals surface area contributed by atoms with E-state index in [4.69, 9.17) is 0 Å². The zero-order valence-electron chi connectivity index (χ0n) is 10.6.